The molecule has 1 aliphatic carbocycles. The molecule has 6 heteroatoms. The third kappa shape index (κ3) is 3.15. The maximum Gasteiger partial charge on any atom is 0.229 e. The predicted octanol–water partition coefficient (Wildman–Crippen LogP) is -0.0941. The lowest BCUT2D eigenvalue weighted by atomic mass is 9.83. The summed E-state index contributed by atoms with van der Waals surface area (Å²) in [6.07, 6.45) is 1.64. The number of nitrogens with one attached hydrogen (secondary N) is 1. The fourth-order valence-corrected chi connectivity index (χ4v) is 1.99. The van der Waals surface area contributed by atoms with Gasteiger partial charge in [-0.1, -0.05) is 0 Å². The Bertz CT molecular complexity index is 264. The van der Waals surface area contributed by atoms with Crippen molar-refractivity contribution in [3.05, 3.63) is 10.1 Å². The smallest absolute Gasteiger partial charge is 0.229 e. The van der Waals surface area contributed by atoms with E-state index in [0.29, 0.717) is 25.8 Å². The van der Waals surface area contributed by atoms with Crippen molar-refractivity contribution < 1.29 is 10.0 Å². The van der Waals surface area contributed by atoms with Gasteiger partial charge in [0.25, 0.3) is 0 Å². The van der Waals surface area contributed by atoms with Crippen LogP contribution in [0.2, 0.25) is 0 Å². The zero-order valence-electron chi connectivity index (χ0n) is 8.43. The second-order valence-corrected chi connectivity index (χ2v) is 3.78. The van der Waals surface area contributed by atoms with E-state index in [4.69, 9.17) is 10.4 Å². The number of rotatable bonds is 4. The lowest BCUT2D eigenvalue weighted by Gasteiger charge is -2.28. The first-order valence-corrected chi connectivity index (χ1v) is 5.06. The molecule has 3 atom stereocenters. The van der Waals surface area contributed by atoms with Crippen LogP contribution in [0.25, 0.3) is 0 Å². The van der Waals surface area contributed by atoms with Crippen LogP contribution in [-0.4, -0.2) is 35.3 Å². The van der Waals surface area contributed by atoms with E-state index >= 15 is 0 Å². The zero-order valence-corrected chi connectivity index (χ0v) is 8.43. The van der Waals surface area contributed by atoms with Crippen LogP contribution in [0.15, 0.2) is 0 Å². The molecule has 0 spiro atoms. The minimum atomic E-state index is -0.699. The highest BCUT2D eigenvalue weighted by Gasteiger charge is 2.37. The Morgan fingerprint density at radius 3 is 2.87 bits per heavy atom. The van der Waals surface area contributed by atoms with Crippen LogP contribution < -0.4 is 5.32 Å². The summed E-state index contributed by atoms with van der Waals surface area (Å²) in [5, 5.41) is 31.1. The number of hydrogen-bond acceptors (Lipinski definition) is 5. The third-order valence-corrected chi connectivity index (χ3v) is 2.79. The first-order chi connectivity index (χ1) is 7.19. The van der Waals surface area contributed by atoms with Gasteiger partial charge in [-0.3, -0.25) is 10.1 Å². The van der Waals surface area contributed by atoms with E-state index in [2.05, 4.69) is 11.4 Å². The molecule has 0 bridgehead atoms. The quantitative estimate of drug-likeness (QED) is 0.502. The molecule has 0 aliphatic heterocycles. The molecular weight excluding hydrogens is 198 g/mol. The lowest BCUT2D eigenvalue weighted by Crippen LogP contribution is -2.48. The third-order valence-electron chi connectivity index (χ3n) is 2.79. The predicted molar refractivity (Wildman–Crippen MR) is 52.6 cm³/mol. The van der Waals surface area contributed by atoms with Crippen LogP contribution in [0.5, 0.6) is 0 Å². The summed E-state index contributed by atoms with van der Waals surface area (Å²) in [6, 6.07) is 1.17. The van der Waals surface area contributed by atoms with Gasteiger partial charge in [-0.15, -0.1) is 0 Å². The molecule has 2 N–H and O–H groups in total. The summed E-state index contributed by atoms with van der Waals surface area (Å²) in [4.78, 5) is 10.5. The molecule has 1 fully saturated rings. The molecule has 1 saturated carbocycles. The molecule has 84 valence electrons. The molecule has 1 aliphatic rings. The second kappa shape index (κ2) is 5.63. The largest absolute Gasteiger partial charge is 0.395 e. The average Bonchev–Trinajstić information content (AvgIpc) is 2.26. The van der Waals surface area contributed by atoms with Gasteiger partial charge in [-0.25, -0.2) is 0 Å². The van der Waals surface area contributed by atoms with Crippen LogP contribution in [0.4, 0.5) is 0 Å². The Kier molecular flexibility index (Phi) is 4.46. The molecule has 0 amide bonds. The van der Waals surface area contributed by atoms with Crippen LogP contribution in [0.3, 0.4) is 0 Å². The summed E-state index contributed by atoms with van der Waals surface area (Å²) >= 11 is 0. The van der Waals surface area contributed by atoms with Crippen molar-refractivity contribution in [1.82, 2.24) is 5.32 Å². The van der Waals surface area contributed by atoms with Gasteiger partial charge < -0.3 is 10.4 Å². The van der Waals surface area contributed by atoms with E-state index in [1.165, 1.54) is 0 Å². The van der Waals surface area contributed by atoms with Crippen molar-refractivity contribution in [2.75, 3.05) is 13.2 Å². The Labute approximate surface area is 88.0 Å². The van der Waals surface area contributed by atoms with Gasteiger partial charge in [0.2, 0.25) is 6.04 Å². The average molecular weight is 213 g/mol. The summed E-state index contributed by atoms with van der Waals surface area (Å²) < 4.78 is 0. The van der Waals surface area contributed by atoms with E-state index < -0.39 is 6.04 Å². The number of aliphatic hydroxyl groups excluding tert-OH is 1. The van der Waals surface area contributed by atoms with E-state index in [0.717, 1.165) is 0 Å². The maximum absolute atomic E-state index is 10.8. The second-order valence-electron chi connectivity index (χ2n) is 3.78. The Hall–Kier alpha value is -1.19. The van der Waals surface area contributed by atoms with Gasteiger partial charge in [-0.2, -0.15) is 5.26 Å². The monoisotopic (exact) mass is 213 g/mol. The molecule has 0 aromatic heterocycles. The zero-order chi connectivity index (χ0) is 11.3. The van der Waals surface area contributed by atoms with Crippen LogP contribution in [0, 0.1) is 27.4 Å². The highest BCUT2D eigenvalue weighted by Crippen LogP contribution is 2.25. The van der Waals surface area contributed by atoms with Crippen molar-refractivity contribution >= 4 is 0 Å². The first kappa shape index (κ1) is 11.9. The van der Waals surface area contributed by atoms with Gasteiger partial charge in [0.1, 0.15) is 0 Å². The molecule has 6 nitrogen and oxygen atoms in total. The lowest BCUT2D eigenvalue weighted by molar-refractivity contribution is -0.531. The van der Waals surface area contributed by atoms with Crippen molar-refractivity contribution in [1.29, 1.82) is 5.26 Å². The van der Waals surface area contributed by atoms with Gasteiger partial charge in [0, 0.05) is 17.9 Å². The van der Waals surface area contributed by atoms with Crippen LogP contribution in [0.1, 0.15) is 19.3 Å². The van der Waals surface area contributed by atoms with Crippen molar-refractivity contribution in [2.45, 2.75) is 31.3 Å². The molecule has 15 heavy (non-hydrogen) atoms. The number of nitrogens with zero attached hydrogens (tertiary/aromatic N) is 2. The summed E-state index contributed by atoms with van der Waals surface area (Å²) in [7, 11) is 0. The van der Waals surface area contributed by atoms with E-state index in [1.54, 1.807) is 0 Å². The van der Waals surface area contributed by atoms with Crippen molar-refractivity contribution in [3.8, 4) is 6.07 Å². The molecule has 0 aromatic rings. The minimum Gasteiger partial charge on any atom is -0.395 e. The number of nitro groups is 1. The number of aliphatic hydroxyl groups is 1. The molecule has 1 rings (SSSR count). The van der Waals surface area contributed by atoms with E-state index in [-0.39, 0.29) is 23.5 Å². The van der Waals surface area contributed by atoms with Crippen molar-refractivity contribution in [3.63, 3.8) is 0 Å². The van der Waals surface area contributed by atoms with Gasteiger partial charge in [-0.05, 0) is 12.8 Å². The maximum atomic E-state index is 10.8. The Balaban J connectivity index is 2.56. The summed E-state index contributed by atoms with van der Waals surface area (Å²) in [5.41, 5.74) is 0. The molecule has 3 unspecified atom stereocenters. The number of hydrogen-bond donors (Lipinski definition) is 2. The fraction of sp³-hybridized carbons (Fsp3) is 0.889. The molecular formula is C9H15N3O3. The molecule has 0 radical (unpaired) electrons. The topological polar surface area (TPSA) is 99.2 Å². The first-order valence-electron chi connectivity index (χ1n) is 5.06. The number of nitriles is 1. The Morgan fingerprint density at radius 2 is 2.33 bits per heavy atom. The van der Waals surface area contributed by atoms with Crippen LogP contribution in [-0.2, 0) is 0 Å². The Morgan fingerprint density at radius 1 is 1.60 bits per heavy atom. The fourth-order valence-electron chi connectivity index (χ4n) is 1.99. The summed E-state index contributed by atoms with van der Waals surface area (Å²) in [5.74, 6) is -0.201. The molecule has 0 heterocycles. The highest BCUT2D eigenvalue weighted by atomic mass is 16.6. The minimum absolute atomic E-state index is 0.0252. The molecule has 0 aromatic carbocycles. The van der Waals surface area contributed by atoms with Gasteiger partial charge >= 0.3 is 0 Å². The van der Waals surface area contributed by atoms with Gasteiger partial charge in [0.15, 0.2) is 0 Å². The summed E-state index contributed by atoms with van der Waals surface area (Å²) in [6.45, 7) is 0.342. The standard InChI is InChI=1S/C9H15N3O3/c10-6-7-1-2-8(11-3-4-13)9(5-7)12(14)15/h7-9,11,13H,1-5H2. The van der Waals surface area contributed by atoms with Crippen molar-refractivity contribution in [2.24, 2.45) is 5.92 Å². The van der Waals surface area contributed by atoms with Gasteiger partial charge in [0.05, 0.1) is 24.6 Å². The normalized spacial score (nSPS) is 30.8. The SMILES string of the molecule is N#CC1CCC(NCCO)C([N+](=O)[O-])C1. The van der Waals surface area contributed by atoms with E-state index in [1.807, 2.05) is 0 Å². The van der Waals surface area contributed by atoms with Crippen LogP contribution >= 0.6 is 0 Å². The highest BCUT2D eigenvalue weighted by molar-refractivity contribution is 4.93. The molecule has 0 saturated heterocycles. The van der Waals surface area contributed by atoms with E-state index in [9.17, 15) is 10.1 Å².